The predicted octanol–water partition coefficient (Wildman–Crippen LogP) is 4.19. The van der Waals surface area contributed by atoms with Gasteiger partial charge in [-0.2, -0.15) is 12.6 Å². The first kappa shape index (κ1) is 11.3. The molecule has 1 atom stereocenters. The molecule has 16 heavy (non-hydrogen) atoms. The Labute approximate surface area is 103 Å². The fourth-order valence-corrected chi connectivity index (χ4v) is 2.11. The third-order valence-corrected chi connectivity index (χ3v) is 3.00. The largest absolute Gasteiger partial charge is 0.164 e. The van der Waals surface area contributed by atoms with Crippen LogP contribution in [-0.4, -0.2) is 4.75 Å². The SMILES string of the molecule is Cc1ccccc1C1=CC(C)(S)C=CC=C1. The number of benzene rings is 1. The van der Waals surface area contributed by atoms with E-state index in [1.807, 2.05) is 0 Å². The lowest BCUT2D eigenvalue weighted by atomic mass is 9.97. The minimum Gasteiger partial charge on any atom is -0.164 e. The number of hydrogen-bond acceptors (Lipinski definition) is 1. The quantitative estimate of drug-likeness (QED) is 0.684. The summed E-state index contributed by atoms with van der Waals surface area (Å²) in [5.74, 6) is 0. The molecule has 82 valence electrons. The van der Waals surface area contributed by atoms with Gasteiger partial charge in [-0.05, 0) is 30.5 Å². The first-order valence-corrected chi connectivity index (χ1v) is 5.90. The van der Waals surface area contributed by atoms with Gasteiger partial charge >= 0.3 is 0 Å². The van der Waals surface area contributed by atoms with Crippen LogP contribution < -0.4 is 0 Å². The summed E-state index contributed by atoms with van der Waals surface area (Å²) in [5, 5.41) is 0. The Morgan fingerprint density at radius 1 is 1.12 bits per heavy atom. The van der Waals surface area contributed by atoms with E-state index in [9.17, 15) is 0 Å². The summed E-state index contributed by atoms with van der Waals surface area (Å²) in [5.41, 5.74) is 3.81. The first-order valence-electron chi connectivity index (χ1n) is 5.46. The molecule has 0 fully saturated rings. The maximum absolute atomic E-state index is 4.63. The molecule has 0 N–H and O–H groups in total. The third-order valence-electron chi connectivity index (χ3n) is 2.72. The summed E-state index contributed by atoms with van der Waals surface area (Å²) >= 11 is 4.63. The zero-order chi connectivity index (χ0) is 11.6. The Morgan fingerprint density at radius 3 is 2.62 bits per heavy atom. The minimum absolute atomic E-state index is 0.179. The van der Waals surface area contributed by atoms with Crippen LogP contribution >= 0.6 is 12.6 Å². The number of thiol groups is 1. The van der Waals surface area contributed by atoms with Gasteiger partial charge in [0.2, 0.25) is 0 Å². The van der Waals surface area contributed by atoms with Gasteiger partial charge in [-0.1, -0.05) is 54.6 Å². The topological polar surface area (TPSA) is 0 Å². The molecule has 2 rings (SSSR count). The Hall–Kier alpha value is -1.21. The van der Waals surface area contributed by atoms with Crippen LogP contribution in [0.15, 0.2) is 54.6 Å². The lowest BCUT2D eigenvalue weighted by Crippen LogP contribution is -2.08. The van der Waals surface area contributed by atoms with E-state index in [1.165, 1.54) is 16.7 Å². The smallest absolute Gasteiger partial charge is 0.0472 e. The Balaban J connectivity index is 2.49. The second-order valence-corrected chi connectivity index (χ2v) is 5.32. The molecular weight excluding hydrogens is 212 g/mol. The van der Waals surface area contributed by atoms with Crippen LogP contribution in [0, 0.1) is 6.92 Å². The number of allylic oxidation sites excluding steroid dienone is 4. The molecule has 1 heteroatoms. The molecule has 0 heterocycles. The molecule has 0 aromatic heterocycles. The average molecular weight is 228 g/mol. The van der Waals surface area contributed by atoms with Crippen LogP contribution in [0.4, 0.5) is 0 Å². The molecule has 1 aliphatic carbocycles. The van der Waals surface area contributed by atoms with E-state index in [0.29, 0.717) is 0 Å². The van der Waals surface area contributed by atoms with E-state index in [2.05, 4.69) is 81.1 Å². The van der Waals surface area contributed by atoms with Crippen molar-refractivity contribution in [3.63, 3.8) is 0 Å². The van der Waals surface area contributed by atoms with Crippen molar-refractivity contribution in [2.24, 2.45) is 0 Å². The van der Waals surface area contributed by atoms with Crippen LogP contribution in [0.3, 0.4) is 0 Å². The van der Waals surface area contributed by atoms with Crippen molar-refractivity contribution in [1.82, 2.24) is 0 Å². The van der Waals surface area contributed by atoms with E-state index < -0.39 is 0 Å². The highest BCUT2D eigenvalue weighted by atomic mass is 32.1. The van der Waals surface area contributed by atoms with Gasteiger partial charge < -0.3 is 0 Å². The lowest BCUT2D eigenvalue weighted by Gasteiger charge is -2.15. The van der Waals surface area contributed by atoms with E-state index in [1.54, 1.807) is 0 Å². The average Bonchev–Trinajstić information content (AvgIpc) is 2.40. The highest BCUT2D eigenvalue weighted by Gasteiger charge is 2.14. The van der Waals surface area contributed by atoms with Crippen molar-refractivity contribution in [2.45, 2.75) is 18.6 Å². The van der Waals surface area contributed by atoms with Gasteiger partial charge in [0.15, 0.2) is 0 Å². The molecule has 0 saturated heterocycles. The summed E-state index contributed by atoms with van der Waals surface area (Å²) in [6, 6.07) is 8.43. The first-order chi connectivity index (χ1) is 7.58. The van der Waals surface area contributed by atoms with Gasteiger partial charge in [0.05, 0.1) is 0 Å². The fraction of sp³-hybridized carbons (Fsp3) is 0.200. The van der Waals surface area contributed by atoms with Crippen LogP contribution in [0.1, 0.15) is 18.1 Å². The van der Waals surface area contributed by atoms with Crippen molar-refractivity contribution in [2.75, 3.05) is 0 Å². The summed E-state index contributed by atoms with van der Waals surface area (Å²) < 4.78 is -0.179. The van der Waals surface area contributed by atoms with Gasteiger partial charge in [-0.15, -0.1) is 0 Å². The van der Waals surface area contributed by atoms with E-state index >= 15 is 0 Å². The molecule has 0 spiro atoms. The monoisotopic (exact) mass is 228 g/mol. The van der Waals surface area contributed by atoms with Crippen molar-refractivity contribution in [1.29, 1.82) is 0 Å². The van der Waals surface area contributed by atoms with Crippen LogP contribution in [0.2, 0.25) is 0 Å². The van der Waals surface area contributed by atoms with Gasteiger partial charge in [-0.25, -0.2) is 0 Å². The molecule has 0 saturated carbocycles. The Morgan fingerprint density at radius 2 is 1.88 bits per heavy atom. The fourth-order valence-electron chi connectivity index (χ4n) is 1.88. The lowest BCUT2D eigenvalue weighted by molar-refractivity contribution is 1.02. The maximum atomic E-state index is 4.63. The highest BCUT2D eigenvalue weighted by molar-refractivity contribution is 7.82. The van der Waals surface area contributed by atoms with Crippen LogP contribution in [0.25, 0.3) is 5.57 Å². The normalized spacial score (nSPS) is 24.1. The maximum Gasteiger partial charge on any atom is 0.0472 e. The van der Waals surface area contributed by atoms with Crippen molar-refractivity contribution in [3.8, 4) is 0 Å². The third kappa shape index (κ3) is 2.48. The second kappa shape index (κ2) is 4.34. The van der Waals surface area contributed by atoms with Gasteiger partial charge in [0.25, 0.3) is 0 Å². The van der Waals surface area contributed by atoms with E-state index in [-0.39, 0.29) is 4.75 Å². The molecule has 0 bridgehead atoms. The summed E-state index contributed by atoms with van der Waals surface area (Å²) in [4.78, 5) is 0. The molecule has 0 nitrogen and oxygen atoms in total. The molecule has 1 aromatic rings. The zero-order valence-electron chi connectivity index (χ0n) is 9.64. The molecule has 0 aliphatic heterocycles. The second-order valence-electron chi connectivity index (χ2n) is 4.36. The molecule has 0 radical (unpaired) electrons. The summed E-state index contributed by atoms with van der Waals surface area (Å²) in [6.45, 7) is 4.23. The van der Waals surface area contributed by atoms with Crippen LogP contribution in [0.5, 0.6) is 0 Å². The highest BCUT2D eigenvalue weighted by Crippen LogP contribution is 2.28. The van der Waals surface area contributed by atoms with E-state index in [0.717, 1.165) is 0 Å². The van der Waals surface area contributed by atoms with Crippen LogP contribution in [-0.2, 0) is 0 Å². The molecular formula is C15H16S. The summed E-state index contributed by atoms with van der Waals surface area (Å²) in [7, 11) is 0. The van der Waals surface area contributed by atoms with Crippen molar-refractivity contribution in [3.05, 3.63) is 65.8 Å². The molecule has 1 unspecified atom stereocenters. The number of aryl methyl sites for hydroxylation is 1. The number of rotatable bonds is 1. The molecule has 1 aliphatic rings. The molecule has 1 aromatic carbocycles. The Bertz CT molecular complexity index is 476. The minimum atomic E-state index is -0.179. The van der Waals surface area contributed by atoms with E-state index in [4.69, 9.17) is 0 Å². The van der Waals surface area contributed by atoms with Crippen molar-refractivity contribution < 1.29 is 0 Å². The zero-order valence-corrected chi connectivity index (χ0v) is 10.5. The van der Waals surface area contributed by atoms with Crippen molar-refractivity contribution >= 4 is 18.2 Å². The summed E-state index contributed by atoms with van der Waals surface area (Å²) in [6.07, 6.45) is 10.5. The number of hydrogen-bond donors (Lipinski definition) is 1. The van der Waals surface area contributed by atoms with Gasteiger partial charge in [-0.3, -0.25) is 0 Å². The van der Waals surface area contributed by atoms with Gasteiger partial charge in [0, 0.05) is 4.75 Å². The standard InChI is InChI=1S/C15H16S/c1-12-7-3-4-9-14(12)13-8-5-6-10-15(2,16)11-13/h3-11,16H,1-2H3. The van der Waals surface area contributed by atoms with Gasteiger partial charge in [0.1, 0.15) is 0 Å². The molecule has 0 amide bonds. The predicted molar refractivity (Wildman–Crippen MR) is 74.8 cm³/mol. The Kier molecular flexibility index (Phi) is 3.06.